The molecule has 2 heterocycles. The molecule has 0 atom stereocenters. The summed E-state index contributed by atoms with van der Waals surface area (Å²) in [7, 11) is 0. The highest BCUT2D eigenvalue weighted by molar-refractivity contribution is 6.23. The zero-order valence-corrected chi connectivity index (χ0v) is 19.0. The summed E-state index contributed by atoms with van der Waals surface area (Å²) in [6, 6.07) is 38.5. The number of hydrogen-bond acceptors (Lipinski definition) is 3. The van der Waals surface area contributed by atoms with Crippen LogP contribution in [-0.4, -0.2) is 15.1 Å². The second-order valence-electron chi connectivity index (χ2n) is 8.36. The van der Waals surface area contributed by atoms with E-state index in [4.69, 9.17) is 4.98 Å². The van der Waals surface area contributed by atoms with Crippen molar-refractivity contribution in [3.05, 3.63) is 128 Å². The largest absolute Gasteiger partial charge is 0.507 e. The van der Waals surface area contributed by atoms with Gasteiger partial charge in [-0.2, -0.15) is 0 Å². The third-order valence-electron chi connectivity index (χ3n) is 6.31. The van der Waals surface area contributed by atoms with Crippen LogP contribution in [0.4, 0.5) is 0 Å². The lowest BCUT2D eigenvalue weighted by Gasteiger charge is -2.17. The van der Waals surface area contributed by atoms with Crippen LogP contribution in [0.25, 0.3) is 54.5 Å². The Bertz CT molecular complexity index is 1670. The summed E-state index contributed by atoms with van der Waals surface area (Å²) in [5.41, 5.74) is 4.26. The summed E-state index contributed by atoms with van der Waals surface area (Å²) in [5.74, 6) is 0.336. The van der Waals surface area contributed by atoms with E-state index in [1.165, 1.54) is 5.56 Å². The molecule has 2 aromatic heterocycles. The van der Waals surface area contributed by atoms with Crippen molar-refractivity contribution in [2.75, 3.05) is 0 Å². The van der Waals surface area contributed by atoms with Crippen LogP contribution < -0.4 is 0 Å². The predicted molar refractivity (Wildman–Crippen MR) is 146 cm³/mol. The number of aromatic hydroxyl groups is 1. The molecule has 0 bridgehead atoms. The number of benzene rings is 5. The molecule has 3 heteroatoms. The molecule has 1 N–H and O–H groups in total. The van der Waals surface area contributed by atoms with E-state index in [2.05, 4.69) is 53.5 Å². The molecule has 0 aliphatic carbocycles. The van der Waals surface area contributed by atoms with Gasteiger partial charge in [0.05, 0.1) is 11.0 Å². The van der Waals surface area contributed by atoms with Gasteiger partial charge in [0.15, 0.2) is 0 Å². The molecule has 3 nitrogen and oxygen atoms in total. The SMILES string of the molecule is Oc1c2ccccc2c(-c2c3ccccc3nc3ccccc23)c2ccccc12.c1ccncc1. The first-order valence-electron chi connectivity index (χ1n) is 11.6. The first kappa shape index (κ1) is 20.8. The quantitative estimate of drug-likeness (QED) is 0.257. The standard InChI is InChI=1S/C27H17NO.C5H5N/c29-27-19-11-3-1-9-17(19)25(18-10-2-4-12-20(18)27)26-21-13-5-7-15-23(21)28-24-16-8-6-14-22(24)26;1-2-4-6-5-3-1/h1-16,29H;1-5H. The predicted octanol–water partition coefficient (Wildman–Crippen LogP) is 8.15. The number of fused-ring (bicyclic) bond motifs is 4. The van der Waals surface area contributed by atoms with E-state index in [9.17, 15) is 5.11 Å². The summed E-state index contributed by atoms with van der Waals surface area (Å²) in [6.45, 7) is 0. The monoisotopic (exact) mass is 450 g/mol. The van der Waals surface area contributed by atoms with Crippen molar-refractivity contribution >= 4 is 43.4 Å². The van der Waals surface area contributed by atoms with Gasteiger partial charge in [-0.25, -0.2) is 4.98 Å². The molecule has 7 aromatic rings. The van der Waals surface area contributed by atoms with Crippen LogP contribution in [0.2, 0.25) is 0 Å². The highest BCUT2D eigenvalue weighted by Gasteiger charge is 2.18. The lowest BCUT2D eigenvalue weighted by molar-refractivity contribution is 0.488. The van der Waals surface area contributed by atoms with Crippen LogP contribution >= 0.6 is 0 Å². The lowest BCUT2D eigenvalue weighted by Crippen LogP contribution is -1.92. The second-order valence-corrected chi connectivity index (χ2v) is 8.36. The minimum absolute atomic E-state index is 0.336. The molecular formula is C32H22N2O. The maximum atomic E-state index is 11.0. The van der Waals surface area contributed by atoms with E-state index in [1.54, 1.807) is 12.4 Å². The van der Waals surface area contributed by atoms with Crippen LogP contribution in [0.1, 0.15) is 0 Å². The Morgan fingerprint density at radius 1 is 0.400 bits per heavy atom. The summed E-state index contributed by atoms with van der Waals surface area (Å²) in [5, 5.41) is 17.1. The van der Waals surface area contributed by atoms with Crippen molar-refractivity contribution in [1.82, 2.24) is 9.97 Å². The highest BCUT2D eigenvalue weighted by Crippen LogP contribution is 2.46. The zero-order chi connectivity index (χ0) is 23.6. The average Bonchev–Trinajstić information content (AvgIpc) is 2.94. The molecule has 0 fully saturated rings. The van der Waals surface area contributed by atoms with Crippen molar-refractivity contribution in [2.24, 2.45) is 0 Å². The average molecular weight is 451 g/mol. The van der Waals surface area contributed by atoms with Gasteiger partial charge in [-0.3, -0.25) is 4.98 Å². The molecule has 7 rings (SSSR count). The Morgan fingerprint density at radius 2 is 0.800 bits per heavy atom. The minimum Gasteiger partial charge on any atom is -0.507 e. The van der Waals surface area contributed by atoms with E-state index in [1.807, 2.05) is 66.7 Å². The second kappa shape index (κ2) is 8.88. The fourth-order valence-electron chi connectivity index (χ4n) is 4.80. The molecule has 0 aliphatic heterocycles. The molecule has 0 aliphatic rings. The van der Waals surface area contributed by atoms with Crippen LogP contribution in [0.5, 0.6) is 5.75 Å². The fraction of sp³-hybridized carbons (Fsp3) is 0. The summed E-state index contributed by atoms with van der Waals surface area (Å²) < 4.78 is 0. The molecule has 0 spiro atoms. The first-order chi connectivity index (χ1) is 17.3. The highest BCUT2D eigenvalue weighted by atomic mass is 16.3. The number of rotatable bonds is 1. The molecule has 0 unspecified atom stereocenters. The van der Waals surface area contributed by atoms with Gasteiger partial charge in [-0.1, -0.05) is 91.0 Å². The van der Waals surface area contributed by atoms with Gasteiger partial charge in [0.1, 0.15) is 5.75 Å². The van der Waals surface area contributed by atoms with Gasteiger partial charge in [-0.15, -0.1) is 0 Å². The van der Waals surface area contributed by atoms with Crippen LogP contribution in [0, 0.1) is 0 Å². The third-order valence-corrected chi connectivity index (χ3v) is 6.31. The Hall–Kier alpha value is -4.76. The van der Waals surface area contributed by atoms with E-state index in [-0.39, 0.29) is 0 Å². The van der Waals surface area contributed by atoms with E-state index in [0.29, 0.717) is 5.75 Å². The first-order valence-corrected chi connectivity index (χ1v) is 11.6. The third kappa shape index (κ3) is 3.64. The summed E-state index contributed by atoms with van der Waals surface area (Å²) >= 11 is 0. The zero-order valence-electron chi connectivity index (χ0n) is 19.0. The Labute approximate surface area is 203 Å². The molecule has 0 saturated carbocycles. The molecular weight excluding hydrogens is 428 g/mol. The summed E-state index contributed by atoms with van der Waals surface area (Å²) in [6.07, 6.45) is 3.50. The Kier molecular flexibility index (Phi) is 5.28. The molecule has 5 aromatic carbocycles. The van der Waals surface area contributed by atoms with Gasteiger partial charge in [0, 0.05) is 39.5 Å². The van der Waals surface area contributed by atoms with Crippen LogP contribution in [0.15, 0.2) is 128 Å². The van der Waals surface area contributed by atoms with Gasteiger partial charge in [0.2, 0.25) is 0 Å². The van der Waals surface area contributed by atoms with Gasteiger partial charge >= 0.3 is 0 Å². The van der Waals surface area contributed by atoms with Crippen LogP contribution in [0.3, 0.4) is 0 Å². The number of para-hydroxylation sites is 2. The van der Waals surface area contributed by atoms with E-state index < -0.39 is 0 Å². The minimum atomic E-state index is 0.336. The van der Waals surface area contributed by atoms with E-state index >= 15 is 0 Å². The van der Waals surface area contributed by atoms with Gasteiger partial charge in [0.25, 0.3) is 0 Å². The van der Waals surface area contributed by atoms with Crippen LogP contribution in [-0.2, 0) is 0 Å². The smallest absolute Gasteiger partial charge is 0.131 e. The molecule has 0 radical (unpaired) electrons. The summed E-state index contributed by atoms with van der Waals surface area (Å²) in [4.78, 5) is 8.68. The lowest BCUT2D eigenvalue weighted by atomic mass is 9.87. The van der Waals surface area contributed by atoms with Crippen molar-refractivity contribution in [1.29, 1.82) is 0 Å². The van der Waals surface area contributed by atoms with Gasteiger partial charge in [-0.05, 0) is 40.6 Å². The molecule has 0 saturated heterocycles. The van der Waals surface area contributed by atoms with Crippen molar-refractivity contribution in [2.45, 2.75) is 0 Å². The number of hydrogen-bond donors (Lipinski definition) is 1. The fourth-order valence-corrected chi connectivity index (χ4v) is 4.80. The number of aromatic nitrogens is 2. The van der Waals surface area contributed by atoms with Gasteiger partial charge < -0.3 is 5.11 Å². The number of pyridine rings is 2. The number of phenolic OH excluding ortho intramolecular Hbond substituents is 1. The van der Waals surface area contributed by atoms with Crippen molar-refractivity contribution in [3.8, 4) is 16.9 Å². The molecule has 166 valence electrons. The van der Waals surface area contributed by atoms with E-state index in [0.717, 1.165) is 48.9 Å². The maximum Gasteiger partial charge on any atom is 0.131 e. The van der Waals surface area contributed by atoms with Crippen molar-refractivity contribution in [3.63, 3.8) is 0 Å². The number of phenols is 1. The Balaban J connectivity index is 0.000000336. The topological polar surface area (TPSA) is 46.0 Å². The normalized spacial score (nSPS) is 11.0. The van der Waals surface area contributed by atoms with Crippen molar-refractivity contribution < 1.29 is 5.11 Å². The number of nitrogens with zero attached hydrogens (tertiary/aromatic N) is 2. The maximum absolute atomic E-state index is 11.0. The molecule has 35 heavy (non-hydrogen) atoms. The molecule has 0 amide bonds. The Morgan fingerprint density at radius 3 is 1.23 bits per heavy atom.